The first-order valence-corrected chi connectivity index (χ1v) is 7.77. The summed E-state index contributed by atoms with van der Waals surface area (Å²) in [5.41, 5.74) is 0.572. The maximum Gasteiger partial charge on any atom is 0.246 e. The molecule has 1 atom stereocenters. The summed E-state index contributed by atoms with van der Waals surface area (Å²) in [6, 6.07) is 3.85. The molecule has 3 aromatic heterocycles. The number of imidazole rings is 1. The molecule has 0 radical (unpaired) electrons. The summed E-state index contributed by atoms with van der Waals surface area (Å²) < 4.78 is 6.99. The number of hydrogen-bond acceptors (Lipinski definition) is 5. The second-order valence-electron chi connectivity index (χ2n) is 5.46. The van der Waals surface area contributed by atoms with Crippen molar-refractivity contribution in [2.45, 2.75) is 32.1 Å². The van der Waals surface area contributed by atoms with Crippen LogP contribution in [0.25, 0.3) is 5.65 Å². The minimum atomic E-state index is -0.777. The molecule has 0 bridgehead atoms. The largest absolute Gasteiger partial charge is 0.338 e. The summed E-state index contributed by atoms with van der Waals surface area (Å²) in [5.74, 6) is 0.794. The Labute approximate surface area is 142 Å². The van der Waals surface area contributed by atoms with Gasteiger partial charge in [-0.05, 0) is 19.4 Å². The van der Waals surface area contributed by atoms with E-state index >= 15 is 0 Å². The first-order valence-electron chi connectivity index (χ1n) is 7.02. The third-order valence-electron chi connectivity index (χ3n) is 3.76. The fourth-order valence-electron chi connectivity index (χ4n) is 2.15. The van der Waals surface area contributed by atoms with Crippen LogP contribution in [-0.4, -0.2) is 19.5 Å². The van der Waals surface area contributed by atoms with Crippen molar-refractivity contribution in [1.29, 1.82) is 5.26 Å². The highest BCUT2D eigenvalue weighted by molar-refractivity contribution is 6.36. The molecule has 0 aliphatic carbocycles. The zero-order chi connectivity index (χ0) is 16.6. The lowest BCUT2D eigenvalue weighted by molar-refractivity contribution is 0.323. The molecule has 0 aromatic carbocycles. The lowest BCUT2D eigenvalue weighted by atomic mass is 9.89. The van der Waals surface area contributed by atoms with Gasteiger partial charge in [0.1, 0.15) is 5.41 Å². The minimum Gasteiger partial charge on any atom is -0.338 e. The van der Waals surface area contributed by atoms with E-state index < -0.39 is 5.41 Å². The van der Waals surface area contributed by atoms with Crippen LogP contribution in [0.4, 0.5) is 0 Å². The Morgan fingerprint density at radius 3 is 2.83 bits per heavy atom. The normalized spacial score (nSPS) is 13.9. The van der Waals surface area contributed by atoms with Gasteiger partial charge in [0, 0.05) is 12.4 Å². The van der Waals surface area contributed by atoms with Gasteiger partial charge in [-0.15, -0.1) is 0 Å². The Hall–Kier alpha value is -2.10. The van der Waals surface area contributed by atoms with Crippen LogP contribution in [0.1, 0.15) is 37.7 Å². The molecule has 0 spiro atoms. The first kappa shape index (κ1) is 15.8. The van der Waals surface area contributed by atoms with E-state index in [1.807, 2.05) is 13.1 Å². The van der Waals surface area contributed by atoms with E-state index in [0.29, 0.717) is 40.2 Å². The van der Waals surface area contributed by atoms with E-state index in [0.717, 1.165) is 5.69 Å². The number of rotatable bonds is 4. The van der Waals surface area contributed by atoms with Crippen molar-refractivity contribution in [3.63, 3.8) is 0 Å². The molecule has 8 heteroatoms. The number of hydrogen-bond donors (Lipinski definition) is 0. The molecule has 0 saturated heterocycles. The summed E-state index contributed by atoms with van der Waals surface area (Å²) in [7, 11) is 0. The number of aromatic nitrogens is 4. The van der Waals surface area contributed by atoms with Gasteiger partial charge in [-0.1, -0.05) is 35.3 Å². The topological polar surface area (TPSA) is 80.0 Å². The molecule has 0 N–H and O–H groups in total. The molecule has 3 aromatic rings. The second-order valence-corrected chi connectivity index (χ2v) is 6.30. The molecule has 118 valence electrons. The van der Waals surface area contributed by atoms with E-state index in [2.05, 4.69) is 21.2 Å². The van der Waals surface area contributed by atoms with Crippen LogP contribution < -0.4 is 0 Å². The number of nitriles is 1. The summed E-state index contributed by atoms with van der Waals surface area (Å²) in [6.45, 7) is 3.68. The van der Waals surface area contributed by atoms with E-state index in [-0.39, 0.29) is 0 Å². The zero-order valence-corrected chi connectivity index (χ0v) is 14.1. The second kappa shape index (κ2) is 5.84. The van der Waals surface area contributed by atoms with Gasteiger partial charge < -0.3 is 8.92 Å². The van der Waals surface area contributed by atoms with E-state index in [1.54, 1.807) is 23.6 Å². The Kier molecular flexibility index (Phi) is 4.00. The van der Waals surface area contributed by atoms with Gasteiger partial charge in [-0.25, -0.2) is 4.98 Å². The minimum absolute atomic E-state index is 0.322. The van der Waals surface area contributed by atoms with Gasteiger partial charge in [0.2, 0.25) is 5.89 Å². The van der Waals surface area contributed by atoms with Crippen molar-refractivity contribution in [2.24, 2.45) is 0 Å². The van der Waals surface area contributed by atoms with Crippen molar-refractivity contribution in [3.05, 3.63) is 45.9 Å². The van der Waals surface area contributed by atoms with Crippen molar-refractivity contribution in [1.82, 2.24) is 19.5 Å². The molecule has 1 unspecified atom stereocenters. The molecule has 0 amide bonds. The van der Waals surface area contributed by atoms with Crippen LogP contribution in [0.5, 0.6) is 0 Å². The maximum atomic E-state index is 9.27. The Balaban J connectivity index is 1.90. The Morgan fingerprint density at radius 1 is 1.35 bits per heavy atom. The van der Waals surface area contributed by atoms with Gasteiger partial charge in [-0.2, -0.15) is 10.2 Å². The molecule has 0 fully saturated rings. The van der Waals surface area contributed by atoms with Gasteiger partial charge >= 0.3 is 0 Å². The van der Waals surface area contributed by atoms with Gasteiger partial charge in [0.15, 0.2) is 11.5 Å². The van der Waals surface area contributed by atoms with E-state index in [9.17, 15) is 5.26 Å². The van der Waals surface area contributed by atoms with Crippen molar-refractivity contribution in [2.75, 3.05) is 0 Å². The average Bonchev–Trinajstić information content (AvgIpc) is 3.14. The third kappa shape index (κ3) is 2.90. The quantitative estimate of drug-likeness (QED) is 0.715. The summed E-state index contributed by atoms with van der Waals surface area (Å²) in [5, 5.41) is 14.2. The van der Waals surface area contributed by atoms with E-state index in [4.69, 9.17) is 27.7 Å². The van der Waals surface area contributed by atoms with Crippen molar-refractivity contribution < 1.29 is 4.52 Å². The molecular formula is C15H13Cl2N5O. The maximum absolute atomic E-state index is 9.27. The summed E-state index contributed by atoms with van der Waals surface area (Å²) in [6.07, 6.45) is 4.51. The number of halogens is 2. The zero-order valence-electron chi connectivity index (χ0n) is 12.5. The molecule has 0 saturated carbocycles. The molecular weight excluding hydrogens is 337 g/mol. The van der Waals surface area contributed by atoms with E-state index in [1.165, 1.54) is 0 Å². The average molecular weight is 350 g/mol. The lowest BCUT2D eigenvalue weighted by Crippen LogP contribution is -2.18. The third-order valence-corrected chi connectivity index (χ3v) is 4.24. The van der Waals surface area contributed by atoms with Crippen LogP contribution in [-0.2, 0) is 11.8 Å². The van der Waals surface area contributed by atoms with Crippen LogP contribution in [0.3, 0.4) is 0 Å². The van der Waals surface area contributed by atoms with Gasteiger partial charge in [0.25, 0.3) is 0 Å². The summed E-state index contributed by atoms with van der Waals surface area (Å²) >= 11 is 12.1. The molecule has 6 nitrogen and oxygen atoms in total. The molecule has 3 rings (SSSR count). The highest BCUT2D eigenvalue weighted by atomic mass is 35.5. The number of pyridine rings is 1. The predicted molar refractivity (Wildman–Crippen MR) is 85.6 cm³/mol. The first-order chi connectivity index (χ1) is 10.9. The molecule has 0 aliphatic heterocycles. The fourth-order valence-corrected chi connectivity index (χ4v) is 2.68. The standard InChI is InChI=1S/C15H13Cl2N5O/c1-3-15(2,8-18)14-20-12(21-23-14)5-10-7-22-6-9(16)4-11(17)13(22)19-10/h4,6-7H,3,5H2,1-2H3. The van der Waals surface area contributed by atoms with Crippen LogP contribution in [0.2, 0.25) is 10.0 Å². The molecule has 3 heterocycles. The van der Waals surface area contributed by atoms with Gasteiger partial charge in [0.05, 0.1) is 28.2 Å². The number of fused-ring (bicyclic) bond motifs is 1. The van der Waals surface area contributed by atoms with Crippen molar-refractivity contribution in [3.8, 4) is 6.07 Å². The number of nitrogens with zero attached hydrogens (tertiary/aromatic N) is 5. The van der Waals surface area contributed by atoms with Crippen LogP contribution in [0, 0.1) is 11.3 Å². The smallest absolute Gasteiger partial charge is 0.246 e. The predicted octanol–water partition coefficient (Wildman–Crippen LogP) is 3.81. The highest BCUT2D eigenvalue weighted by Crippen LogP contribution is 2.26. The van der Waals surface area contributed by atoms with Crippen LogP contribution in [0.15, 0.2) is 23.0 Å². The Morgan fingerprint density at radius 2 is 2.13 bits per heavy atom. The SMILES string of the molecule is CCC(C)(C#N)c1nc(Cc2cn3cc(Cl)cc(Cl)c3n2)no1. The summed E-state index contributed by atoms with van der Waals surface area (Å²) in [4.78, 5) is 8.77. The van der Waals surface area contributed by atoms with Crippen LogP contribution >= 0.6 is 23.2 Å². The lowest BCUT2D eigenvalue weighted by Gasteiger charge is -2.12. The monoisotopic (exact) mass is 349 g/mol. The molecule has 0 aliphatic rings. The van der Waals surface area contributed by atoms with Crippen molar-refractivity contribution >= 4 is 28.8 Å². The van der Waals surface area contributed by atoms with Gasteiger partial charge in [-0.3, -0.25) is 0 Å². The fraction of sp³-hybridized carbons (Fsp3) is 0.333. The highest BCUT2D eigenvalue weighted by Gasteiger charge is 2.31. The molecule has 23 heavy (non-hydrogen) atoms. The Bertz CT molecular complexity index is 910.